The second kappa shape index (κ2) is 28.5. The number of hydrogen-bond donors (Lipinski definition) is 2. The zero-order chi connectivity index (χ0) is 59.2. The fraction of sp³-hybridized carbons (Fsp3) is 0.192. The zero-order valence-electron chi connectivity index (χ0n) is 42.9. The number of esters is 2. The number of aliphatic carboxylic acids is 1. The lowest BCUT2D eigenvalue weighted by atomic mass is 10.1. The number of carbonyl (C=O) groups excluding carboxylic acids is 2. The summed E-state index contributed by atoms with van der Waals surface area (Å²) < 4.78 is 28.9. The predicted molar refractivity (Wildman–Crippen MR) is 307 cm³/mol. The Bertz CT molecular complexity index is 4040. The van der Waals surface area contributed by atoms with E-state index in [-0.39, 0.29) is 62.6 Å². The number of nitrogen functional groups attached to an aromatic ring is 1. The second-order valence-electron chi connectivity index (χ2n) is 16.6. The number of carboxylic acids is 1. The molecule has 0 saturated carbocycles. The van der Waals surface area contributed by atoms with Gasteiger partial charge >= 0.3 is 17.9 Å². The molecule has 0 bridgehead atoms. The maximum absolute atomic E-state index is 12.4. The van der Waals surface area contributed by atoms with Crippen molar-refractivity contribution in [3.63, 3.8) is 0 Å². The molecule has 0 aliphatic rings. The SMILES string of the molecule is COC(=O)COc1cc2cc(Cc3nc(Cl)ncc3Cl)ccc2n(C)c1=O.COC(=O)COc1cc2cc(N)ccc2n(C)c1=O.Clc1ncc(Cl)c(Cl)n1.Cn1c(=O)c(OCC(=O)O)cc2cc(Cc3nc(Cl)ncc3Cl)ccc21. The van der Waals surface area contributed by atoms with E-state index in [1.807, 2.05) is 30.3 Å². The number of fused-ring (bicyclic) bond motifs is 3. The molecule has 9 rings (SSSR count). The number of methoxy groups -OCH3 is 2. The number of carbonyl (C=O) groups is 3. The van der Waals surface area contributed by atoms with Gasteiger partial charge in [0.05, 0.1) is 75.8 Å². The Morgan fingerprint density at radius 3 is 1.23 bits per heavy atom. The van der Waals surface area contributed by atoms with Gasteiger partial charge in [0.25, 0.3) is 16.7 Å². The van der Waals surface area contributed by atoms with E-state index in [9.17, 15) is 28.8 Å². The average molecular weight is 1250 g/mol. The number of pyridine rings is 3. The summed E-state index contributed by atoms with van der Waals surface area (Å²) in [6.45, 7) is -1.24. The van der Waals surface area contributed by atoms with E-state index in [1.165, 1.54) is 52.6 Å². The van der Waals surface area contributed by atoms with Crippen LogP contribution in [0.1, 0.15) is 22.5 Å². The van der Waals surface area contributed by atoms with Crippen LogP contribution in [-0.4, -0.2) is 101 Å². The topological polar surface area (TPSA) is 287 Å². The van der Waals surface area contributed by atoms with Crippen LogP contribution in [0.5, 0.6) is 17.2 Å². The molecule has 81 heavy (non-hydrogen) atoms. The van der Waals surface area contributed by atoms with Crippen molar-refractivity contribution in [2.24, 2.45) is 21.1 Å². The average Bonchev–Trinajstić information content (AvgIpc) is 3.62. The van der Waals surface area contributed by atoms with Crippen LogP contribution in [0.2, 0.25) is 36.1 Å². The number of nitrogens with zero attached hydrogens (tertiary/aromatic N) is 9. The van der Waals surface area contributed by atoms with Gasteiger partial charge in [-0.15, -0.1) is 0 Å². The van der Waals surface area contributed by atoms with Gasteiger partial charge in [0.1, 0.15) is 0 Å². The number of ether oxygens (including phenoxy) is 5. The van der Waals surface area contributed by atoms with Crippen LogP contribution in [0.15, 0.2) is 106 Å². The van der Waals surface area contributed by atoms with Gasteiger partial charge in [0.15, 0.2) is 42.2 Å². The molecule has 0 fully saturated rings. The summed E-state index contributed by atoms with van der Waals surface area (Å²) in [5.74, 6) is -2.14. The van der Waals surface area contributed by atoms with Gasteiger partial charge in [0.2, 0.25) is 15.9 Å². The quantitative estimate of drug-likeness (QED) is 0.0473. The van der Waals surface area contributed by atoms with Gasteiger partial charge in [0, 0.05) is 55.8 Å². The molecule has 6 heterocycles. The molecule has 0 saturated heterocycles. The van der Waals surface area contributed by atoms with E-state index < -0.39 is 30.1 Å². The second-order valence-corrected chi connectivity index (χ2v) is 19.2. The number of nitrogens with two attached hydrogens (primary N) is 1. The highest BCUT2D eigenvalue weighted by Gasteiger charge is 2.15. The summed E-state index contributed by atoms with van der Waals surface area (Å²) in [7, 11) is 7.37. The molecule has 0 unspecified atom stereocenters. The monoisotopic (exact) mass is 1240 g/mol. The first-order valence-electron chi connectivity index (χ1n) is 23.0. The Morgan fingerprint density at radius 2 is 0.864 bits per heavy atom. The van der Waals surface area contributed by atoms with Gasteiger partial charge in [-0.2, -0.15) is 0 Å². The van der Waals surface area contributed by atoms with Crippen LogP contribution in [0.25, 0.3) is 32.7 Å². The highest BCUT2D eigenvalue weighted by molar-refractivity contribution is 6.41. The Morgan fingerprint density at radius 1 is 0.506 bits per heavy atom. The van der Waals surface area contributed by atoms with Crippen molar-refractivity contribution in [1.29, 1.82) is 0 Å². The lowest BCUT2D eigenvalue weighted by molar-refractivity contribution is -0.143. The molecular weight excluding hydrogens is 1200 g/mol. The molecule has 0 amide bonds. The normalized spacial score (nSPS) is 10.6. The fourth-order valence-corrected chi connectivity index (χ4v) is 8.27. The molecule has 3 N–H and O–H groups in total. The van der Waals surface area contributed by atoms with Crippen molar-refractivity contribution >= 4 is 138 Å². The van der Waals surface area contributed by atoms with Crippen LogP contribution in [0, 0.1) is 0 Å². The molecule has 6 aromatic heterocycles. The molecule has 0 radical (unpaired) electrons. The minimum atomic E-state index is -1.16. The first-order chi connectivity index (χ1) is 38.5. The molecule has 29 heteroatoms. The van der Waals surface area contributed by atoms with Gasteiger partial charge in [-0.1, -0.05) is 58.5 Å². The molecular formula is C52H43Cl7N10O12. The van der Waals surface area contributed by atoms with Crippen LogP contribution < -0.4 is 36.6 Å². The third-order valence-electron chi connectivity index (χ3n) is 11.2. The molecule has 0 spiro atoms. The lowest BCUT2D eigenvalue weighted by Crippen LogP contribution is -2.22. The van der Waals surface area contributed by atoms with Crippen molar-refractivity contribution in [3.8, 4) is 17.2 Å². The predicted octanol–water partition coefficient (Wildman–Crippen LogP) is 8.58. The van der Waals surface area contributed by atoms with Crippen molar-refractivity contribution < 1.29 is 43.2 Å². The van der Waals surface area contributed by atoms with E-state index in [2.05, 4.69) is 39.4 Å². The summed E-state index contributed by atoms with van der Waals surface area (Å²) in [6.07, 6.45) is 5.10. The van der Waals surface area contributed by atoms with Gasteiger partial charge < -0.3 is 48.2 Å². The van der Waals surface area contributed by atoms with E-state index >= 15 is 0 Å². The number of halogens is 7. The van der Waals surface area contributed by atoms with Crippen LogP contribution in [0.4, 0.5) is 5.69 Å². The molecule has 22 nitrogen and oxygen atoms in total. The minimum Gasteiger partial charge on any atom is -0.479 e. The highest BCUT2D eigenvalue weighted by atomic mass is 35.5. The number of anilines is 1. The van der Waals surface area contributed by atoms with E-state index in [0.29, 0.717) is 50.5 Å². The zero-order valence-corrected chi connectivity index (χ0v) is 48.2. The van der Waals surface area contributed by atoms with Crippen molar-refractivity contribution in [3.05, 3.63) is 181 Å². The van der Waals surface area contributed by atoms with E-state index in [4.69, 9.17) is 106 Å². The minimum absolute atomic E-state index is 0.0253. The highest BCUT2D eigenvalue weighted by Crippen LogP contribution is 2.26. The molecule has 9 aromatic rings. The van der Waals surface area contributed by atoms with E-state index in [1.54, 1.807) is 57.5 Å². The van der Waals surface area contributed by atoms with Crippen molar-refractivity contribution in [1.82, 2.24) is 43.6 Å². The first-order valence-corrected chi connectivity index (χ1v) is 25.7. The van der Waals surface area contributed by atoms with Gasteiger partial charge in [-0.3, -0.25) is 14.4 Å². The van der Waals surface area contributed by atoms with Crippen LogP contribution in [0.3, 0.4) is 0 Å². The number of carboxylic acid groups (broad SMARTS) is 1. The smallest absolute Gasteiger partial charge is 0.343 e. The molecule has 0 aliphatic heterocycles. The van der Waals surface area contributed by atoms with E-state index in [0.717, 1.165) is 38.3 Å². The van der Waals surface area contributed by atoms with Crippen molar-refractivity contribution in [2.75, 3.05) is 39.8 Å². The fourth-order valence-electron chi connectivity index (χ4n) is 7.26. The van der Waals surface area contributed by atoms with Gasteiger partial charge in [-0.05, 0) is 107 Å². The molecule has 3 aromatic carbocycles. The standard InChI is InChI=1S/C18H15Cl2N3O4.C17H13Cl2N3O4.C13H14N2O4.C4HCl3N2/c1-23-14-4-3-10(6-13-12(19)8-21-18(20)22-13)5-11(14)7-15(17(23)25)27-9-16(24)26-2;1-22-13-3-2-9(5-12-11(18)7-20-17(19)21-12)4-10(13)6-14(16(22)25)26-8-15(23)24;1-15-10-4-3-9(14)5-8(10)6-11(13(15)17)19-7-12(16)18-2;5-2-1-8-4(7)9-3(2)6/h3-5,7-8H,6,9H2,1-2H3;2-4,6-7H,5,8H2,1H3,(H,23,24);3-6H,7,14H2,1-2H3;1H. The maximum atomic E-state index is 12.4. The maximum Gasteiger partial charge on any atom is 0.343 e. The number of benzene rings is 3. The summed E-state index contributed by atoms with van der Waals surface area (Å²) in [4.78, 5) is 92.7. The number of aryl methyl sites for hydroxylation is 3. The Labute approximate surface area is 493 Å². The number of hydrogen-bond acceptors (Lipinski definition) is 18. The van der Waals surface area contributed by atoms with Crippen LogP contribution >= 0.6 is 81.2 Å². The van der Waals surface area contributed by atoms with Crippen LogP contribution in [-0.2, 0) is 57.8 Å². The Kier molecular flexibility index (Phi) is 22.0. The molecule has 0 atom stereocenters. The first kappa shape index (κ1) is 62.4. The van der Waals surface area contributed by atoms with Crippen molar-refractivity contribution in [2.45, 2.75) is 12.8 Å². The lowest BCUT2D eigenvalue weighted by Gasteiger charge is -2.11. The Balaban J connectivity index is 0.000000184. The third kappa shape index (κ3) is 16.9. The Hall–Kier alpha value is -7.83. The van der Waals surface area contributed by atoms with Gasteiger partial charge in [-0.25, -0.2) is 44.3 Å². The number of rotatable bonds is 13. The molecule has 422 valence electrons. The largest absolute Gasteiger partial charge is 0.479 e. The third-order valence-corrected chi connectivity index (χ3v) is 13.1. The molecule has 0 aliphatic carbocycles. The number of aromatic nitrogens is 9. The summed E-state index contributed by atoms with van der Waals surface area (Å²) in [6, 6.07) is 21.0. The summed E-state index contributed by atoms with van der Waals surface area (Å²) in [5.41, 5.74) is 10.4. The summed E-state index contributed by atoms with van der Waals surface area (Å²) >= 11 is 40.1. The summed E-state index contributed by atoms with van der Waals surface area (Å²) in [5, 5.41) is 12.6.